The molecule has 0 unspecified atom stereocenters. The number of halogens is 3. The summed E-state index contributed by atoms with van der Waals surface area (Å²) in [5, 5.41) is 10.8. The normalized spacial score (nSPS) is 11.4. The zero-order valence-corrected chi connectivity index (χ0v) is 13.1. The molecule has 0 aliphatic rings. The molecule has 0 atom stereocenters. The molecule has 21 heavy (non-hydrogen) atoms. The largest absolute Gasteiger partial charge is 0.296 e. The second-order valence-corrected chi connectivity index (χ2v) is 8.05. The summed E-state index contributed by atoms with van der Waals surface area (Å²) in [7, 11) is -4.26. The molecule has 1 aromatic carbocycles. The van der Waals surface area contributed by atoms with E-state index in [4.69, 9.17) is 0 Å². The van der Waals surface area contributed by atoms with Gasteiger partial charge in [-0.2, -0.15) is 0 Å². The van der Waals surface area contributed by atoms with Gasteiger partial charge in [-0.15, -0.1) is 11.3 Å². The summed E-state index contributed by atoms with van der Waals surface area (Å²) >= 11 is 3.88. The smallest absolute Gasteiger partial charge is 0.270 e. The van der Waals surface area contributed by atoms with Crippen molar-refractivity contribution >= 4 is 48.7 Å². The van der Waals surface area contributed by atoms with E-state index in [1.165, 1.54) is 12.1 Å². The number of sulfonamides is 1. The molecule has 0 saturated carbocycles. The quantitative estimate of drug-likeness (QED) is 0.630. The van der Waals surface area contributed by atoms with Crippen molar-refractivity contribution in [2.75, 3.05) is 4.72 Å². The van der Waals surface area contributed by atoms with Crippen LogP contribution in [0.4, 0.5) is 20.2 Å². The molecule has 0 bridgehead atoms. The predicted molar refractivity (Wildman–Crippen MR) is 75.8 cm³/mol. The third-order valence-corrected chi connectivity index (χ3v) is 5.78. The number of anilines is 1. The first-order valence-corrected chi connectivity index (χ1v) is 8.22. The van der Waals surface area contributed by atoms with Crippen LogP contribution in [0, 0.1) is 21.7 Å². The highest BCUT2D eigenvalue weighted by molar-refractivity contribution is 9.11. The zero-order chi connectivity index (χ0) is 15.8. The van der Waals surface area contributed by atoms with E-state index in [1.54, 1.807) is 4.72 Å². The summed E-state index contributed by atoms with van der Waals surface area (Å²) in [5.41, 5.74) is -1.92. The minimum absolute atomic E-state index is 0.202. The van der Waals surface area contributed by atoms with E-state index >= 15 is 0 Å². The lowest BCUT2D eigenvalue weighted by Gasteiger charge is -2.08. The van der Waals surface area contributed by atoms with Crippen molar-refractivity contribution in [2.24, 2.45) is 0 Å². The predicted octanol–water partition coefficient (Wildman–Crippen LogP) is 3.50. The number of nitrogens with one attached hydrogen (secondary N) is 1. The lowest BCUT2D eigenvalue weighted by molar-refractivity contribution is -0.384. The first kappa shape index (κ1) is 15.8. The minimum atomic E-state index is -4.26. The molecule has 0 aliphatic carbocycles. The summed E-state index contributed by atoms with van der Waals surface area (Å²) in [6.07, 6.45) is 0. The second-order valence-electron chi connectivity index (χ2n) is 3.68. The maximum atomic E-state index is 13.7. The van der Waals surface area contributed by atoms with E-state index in [-0.39, 0.29) is 4.21 Å². The number of nitro benzene ring substituents is 1. The molecule has 0 fully saturated rings. The Morgan fingerprint density at radius 3 is 2.43 bits per heavy atom. The Hall–Kier alpha value is -1.59. The number of hydrogen-bond donors (Lipinski definition) is 1. The first-order chi connectivity index (χ1) is 9.72. The van der Waals surface area contributed by atoms with Crippen LogP contribution in [0.15, 0.2) is 32.3 Å². The van der Waals surface area contributed by atoms with E-state index in [0.717, 1.165) is 11.3 Å². The van der Waals surface area contributed by atoms with Gasteiger partial charge >= 0.3 is 0 Å². The molecule has 2 rings (SSSR count). The van der Waals surface area contributed by atoms with Crippen molar-refractivity contribution in [1.29, 1.82) is 0 Å². The van der Waals surface area contributed by atoms with Crippen LogP contribution in [0.2, 0.25) is 0 Å². The molecule has 0 spiro atoms. The highest BCUT2D eigenvalue weighted by Gasteiger charge is 2.27. The second kappa shape index (κ2) is 5.66. The van der Waals surface area contributed by atoms with Gasteiger partial charge < -0.3 is 0 Å². The Morgan fingerprint density at radius 1 is 1.24 bits per heavy atom. The van der Waals surface area contributed by atoms with Gasteiger partial charge in [0, 0.05) is 6.07 Å². The Kier molecular flexibility index (Phi) is 4.25. The fourth-order valence-corrected chi connectivity index (χ4v) is 4.50. The number of hydrogen-bond acceptors (Lipinski definition) is 5. The van der Waals surface area contributed by atoms with Crippen molar-refractivity contribution < 1.29 is 22.1 Å². The van der Waals surface area contributed by atoms with Crippen LogP contribution < -0.4 is 4.72 Å². The SMILES string of the molecule is O=[N+]([O-])c1ccc(F)c(F)c1NS(=O)(=O)c1ccc(Br)s1. The standard InChI is InChI=1S/C10H5BrF2N2O4S2/c11-7-3-4-8(20-7)21(18,19)14-10-6(15(16)17)2-1-5(12)9(10)13/h1-4,14H. The highest BCUT2D eigenvalue weighted by atomic mass is 79.9. The Balaban J connectivity index is 2.53. The molecule has 6 nitrogen and oxygen atoms in total. The van der Waals surface area contributed by atoms with Gasteiger partial charge in [-0.05, 0) is 34.1 Å². The fraction of sp³-hybridized carbons (Fsp3) is 0. The maximum absolute atomic E-state index is 13.7. The Labute approximate surface area is 129 Å². The number of benzene rings is 1. The van der Waals surface area contributed by atoms with Crippen molar-refractivity contribution in [3.05, 3.63) is 49.8 Å². The van der Waals surface area contributed by atoms with Crippen molar-refractivity contribution in [2.45, 2.75) is 4.21 Å². The number of nitro groups is 1. The van der Waals surface area contributed by atoms with E-state index in [9.17, 15) is 27.3 Å². The van der Waals surface area contributed by atoms with Crippen LogP contribution in [0.3, 0.4) is 0 Å². The molecule has 0 amide bonds. The van der Waals surface area contributed by atoms with Gasteiger partial charge in [0.25, 0.3) is 15.7 Å². The monoisotopic (exact) mass is 398 g/mol. The van der Waals surface area contributed by atoms with Crippen molar-refractivity contribution in [3.8, 4) is 0 Å². The Morgan fingerprint density at radius 2 is 1.90 bits per heavy atom. The van der Waals surface area contributed by atoms with Crippen molar-refractivity contribution in [3.63, 3.8) is 0 Å². The van der Waals surface area contributed by atoms with Gasteiger partial charge in [0.2, 0.25) is 0 Å². The minimum Gasteiger partial charge on any atom is -0.270 e. The van der Waals surface area contributed by atoms with Crippen LogP contribution in [0.5, 0.6) is 0 Å². The molecule has 112 valence electrons. The molecule has 1 N–H and O–H groups in total. The van der Waals surface area contributed by atoms with Crippen LogP contribution in [-0.4, -0.2) is 13.3 Å². The summed E-state index contributed by atoms with van der Waals surface area (Å²) in [6.45, 7) is 0. The molecule has 11 heteroatoms. The molecule has 0 radical (unpaired) electrons. The molecular formula is C10H5BrF2N2O4S2. The maximum Gasteiger partial charge on any atom is 0.296 e. The molecule has 0 saturated heterocycles. The van der Waals surface area contributed by atoms with Gasteiger partial charge in [-0.3, -0.25) is 14.8 Å². The van der Waals surface area contributed by atoms with Gasteiger partial charge in [-0.25, -0.2) is 17.2 Å². The zero-order valence-electron chi connectivity index (χ0n) is 9.84. The third kappa shape index (κ3) is 3.19. The Bertz CT molecular complexity index is 822. The number of thiophene rings is 1. The molecule has 2 aromatic rings. The van der Waals surface area contributed by atoms with Crippen LogP contribution in [0.1, 0.15) is 0 Å². The van der Waals surface area contributed by atoms with Gasteiger partial charge in [0.1, 0.15) is 4.21 Å². The van der Waals surface area contributed by atoms with E-state index < -0.39 is 38.0 Å². The van der Waals surface area contributed by atoms with E-state index in [1.807, 2.05) is 0 Å². The van der Waals surface area contributed by atoms with Crippen LogP contribution in [0.25, 0.3) is 0 Å². The number of rotatable bonds is 4. The molecule has 1 heterocycles. The van der Waals surface area contributed by atoms with Gasteiger partial charge in [0.15, 0.2) is 17.3 Å². The topological polar surface area (TPSA) is 89.3 Å². The fourth-order valence-electron chi connectivity index (χ4n) is 1.42. The average molecular weight is 399 g/mol. The lowest BCUT2D eigenvalue weighted by Crippen LogP contribution is -2.14. The summed E-state index contributed by atoms with van der Waals surface area (Å²) in [4.78, 5) is 9.78. The van der Waals surface area contributed by atoms with Crippen molar-refractivity contribution in [1.82, 2.24) is 0 Å². The lowest BCUT2D eigenvalue weighted by atomic mass is 10.2. The van der Waals surface area contributed by atoms with Gasteiger partial charge in [0.05, 0.1) is 8.71 Å². The van der Waals surface area contributed by atoms with E-state index in [0.29, 0.717) is 15.9 Å². The summed E-state index contributed by atoms with van der Waals surface area (Å²) in [5.74, 6) is -3.03. The number of nitrogens with zero attached hydrogens (tertiary/aromatic N) is 1. The van der Waals surface area contributed by atoms with Crippen LogP contribution in [-0.2, 0) is 10.0 Å². The van der Waals surface area contributed by atoms with Crippen LogP contribution >= 0.6 is 27.3 Å². The first-order valence-electron chi connectivity index (χ1n) is 5.13. The summed E-state index contributed by atoms with van der Waals surface area (Å²) < 4.78 is 52.9. The third-order valence-electron chi connectivity index (χ3n) is 2.32. The highest BCUT2D eigenvalue weighted by Crippen LogP contribution is 2.33. The molecular weight excluding hydrogens is 394 g/mol. The average Bonchev–Trinajstić information content (AvgIpc) is 2.82. The molecule has 1 aromatic heterocycles. The van der Waals surface area contributed by atoms with E-state index in [2.05, 4.69) is 15.9 Å². The summed E-state index contributed by atoms with van der Waals surface area (Å²) in [6, 6.07) is 3.89. The molecule has 0 aliphatic heterocycles. The van der Waals surface area contributed by atoms with Gasteiger partial charge in [-0.1, -0.05) is 0 Å².